The first-order valence-electron chi connectivity index (χ1n) is 35.5. The van der Waals surface area contributed by atoms with E-state index in [0.717, 1.165) is 27.7 Å². The minimum absolute atomic E-state index is 0.827. The minimum Gasteiger partial charge on any atom is -0.394 e. The van der Waals surface area contributed by atoms with E-state index in [1.807, 2.05) is 0 Å². The smallest absolute Gasteiger partial charge is 0.217 e. The Morgan fingerprint density at radius 3 is 1.03 bits per heavy atom. The number of carbonyl (C=O) groups excluding carboxylic acids is 4. The monoisotopic (exact) mass is 1620 g/mol. The lowest BCUT2D eigenvalue weighted by Crippen LogP contribution is -2.71. The van der Waals surface area contributed by atoms with E-state index in [4.69, 9.17) is 80.5 Å². The average molecular weight is 1630 g/mol. The van der Waals surface area contributed by atoms with Crippen LogP contribution in [0.15, 0.2) is 0 Å². The van der Waals surface area contributed by atoms with Crippen LogP contribution in [0.2, 0.25) is 0 Å². The second kappa shape index (κ2) is 39.7. The van der Waals surface area contributed by atoms with Gasteiger partial charge in [-0.05, 0) is 6.92 Å². The maximum absolute atomic E-state index is 13.2. The number of ether oxygens (including phenoxy) is 17. The lowest BCUT2D eigenvalue weighted by atomic mass is 9.93. The molecule has 642 valence electrons. The molecular formula is C62H104N4O45. The van der Waals surface area contributed by atoms with Gasteiger partial charge in [0.1, 0.15) is 213 Å². The highest BCUT2D eigenvalue weighted by Crippen LogP contribution is 2.40. The Kier molecular flexibility index (Phi) is 32.6. The van der Waals surface area contributed by atoms with Crippen molar-refractivity contribution in [3.8, 4) is 0 Å². The van der Waals surface area contributed by atoms with Gasteiger partial charge in [0, 0.05) is 27.7 Å². The third kappa shape index (κ3) is 20.3. The van der Waals surface area contributed by atoms with Crippen molar-refractivity contribution >= 4 is 23.6 Å². The second-order valence-corrected chi connectivity index (χ2v) is 28.2. The second-order valence-electron chi connectivity index (χ2n) is 28.2. The van der Waals surface area contributed by atoms with Crippen LogP contribution < -0.4 is 21.3 Å². The SMILES string of the molecule is CC(=O)N[C@@H]1[C@H](O[C@@H]2[C@@H](O[C@@H]3[C@H](O)[C@H](O[C@H]4[C@H](O)[C@@H](NC(C)=O)[C@H](O[C@H]5[C@H](O)[C@@H](NC(C)=O)[C@H](O)O[C@@H]5CO[C@@H]5O[C@@H](C)[C@@H](O)[C@@H](O)[C@@H]5O)O[C@@H]4CO)O[C@H](CO[C@H]4O[C@H](CO)[C@@H](O)[C@H](O)[C@@H]4O[C@@H]4O[C@H](CO)[C@@H](O[C@H]5O[C@H](CO)[C@H](O)[C@H](O)[C@H]5O)[C@H](O)[C@H]4NC(C)=O)[C@H]3O)O[C@H](CO)[C@@H](O)[C@@H]2O)O[C@H](CO)[C@@H](O)[C@@H]1O. The van der Waals surface area contributed by atoms with E-state index >= 15 is 0 Å². The molecule has 28 N–H and O–H groups in total. The van der Waals surface area contributed by atoms with E-state index in [0.29, 0.717) is 0 Å². The molecule has 9 aliphatic rings. The first-order chi connectivity index (χ1) is 52.4. The number of rotatable bonds is 28. The Morgan fingerprint density at radius 1 is 0.252 bits per heavy atom. The molecule has 9 fully saturated rings. The predicted molar refractivity (Wildman–Crippen MR) is 342 cm³/mol. The van der Waals surface area contributed by atoms with Crippen LogP contribution in [-0.4, -0.2) is 475 Å². The van der Waals surface area contributed by atoms with Crippen LogP contribution in [0, 0.1) is 0 Å². The van der Waals surface area contributed by atoms with Crippen molar-refractivity contribution in [2.75, 3.05) is 52.9 Å². The molecule has 0 radical (unpaired) electrons. The third-order valence-corrected chi connectivity index (χ3v) is 20.3. The summed E-state index contributed by atoms with van der Waals surface area (Å²) in [6.07, 6.45) is -83.2. The van der Waals surface area contributed by atoms with Gasteiger partial charge in [-0.1, -0.05) is 0 Å². The molecule has 0 spiro atoms. The number of aliphatic hydroxyl groups is 24. The molecule has 0 bridgehead atoms. The zero-order valence-electron chi connectivity index (χ0n) is 59.9. The van der Waals surface area contributed by atoms with Crippen molar-refractivity contribution in [3.63, 3.8) is 0 Å². The van der Waals surface area contributed by atoms with E-state index in [1.54, 1.807) is 0 Å². The Hall–Kier alpha value is -3.76. The molecule has 0 aromatic heterocycles. The fraction of sp³-hybridized carbons (Fsp3) is 0.935. The molecule has 4 amide bonds. The summed E-state index contributed by atoms with van der Waals surface area (Å²) in [5.41, 5.74) is 0. The minimum atomic E-state index is -2.55. The normalized spacial score (nSPS) is 49.3. The molecule has 0 aromatic carbocycles. The summed E-state index contributed by atoms with van der Waals surface area (Å²) in [4.78, 5) is 50.9. The van der Waals surface area contributed by atoms with Gasteiger partial charge in [0.2, 0.25) is 23.6 Å². The van der Waals surface area contributed by atoms with Gasteiger partial charge >= 0.3 is 0 Å². The fourth-order valence-corrected chi connectivity index (χ4v) is 14.3. The molecule has 0 saturated carbocycles. The molecule has 9 rings (SSSR count). The van der Waals surface area contributed by atoms with Crippen molar-refractivity contribution in [1.29, 1.82) is 0 Å². The van der Waals surface area contributed by atoms with E-state index in [2.05, 4.69) is 21.3 Å². The molecular weight excluding hydrogens is 1520 g/mol. The van der Waals surface area contributed by atoms with E-state index in [9.17, 15) is 142 Å². The number of nitrogens with one attached hydrogen (secondary N) is 4. The molecule has 45 atom stereocenters. The van der Waals surface area contributed by atoms with Crippen LogP contribution in [0.1, 0.15) is 34.6 Å². The fourth-order valence-electron chi connectivity index (χ4n) is 14.3. The lowest BCUT2D eigenvalue weighted by molar-refractivity contribution is -0.396. The highest BCUT2D eigenvalue weighted by Gasteiger charge is 2.61. The topological polar surface area (TPSA) is 759 Å². The quantitative estimate of drug-likeness (QED) is 0.0346. The van der Waals surface area contributed by atoms with Gasteiger partial charge in [0.25, 0.3) is 0 Å². The van der Waals surface area contributed by atoms with Crippen molar-refractivity contribution in [1.82, 2.24) is 21.3 Å². The molecule has 0 aliphatic carbocycles. The molecule has 9 saturated heterocycles. The molecule has 0 aromatic rings. The van der Waals surface area contributed by atoms with Crippen LogP contribution in [0.25, 0.3) is 0 Å². The Bertz CT molecular complexity index is 2950. The average Bonchev–Trinajstić information content (AvgIpc) is 0.768. The van der Waals surface area contributed by atoms with Gasteiger partial charge in [-0.2, -0.15) is 0 Å². The standard InChI is InChI=1S/C62H104N4O45/c1-14-31(77)41(87)45(91)58(97-14)95-13-26-50(38(84)27(54(94)98-26)63-15(2)73)106-56-29(65-17(4)75)39(85)49(24(11-72)103-56)108-60-47(93)51(109-62-53(44(90)35(81)22(9-70)102-62)111-55-28(64-16(3)74)37(83)32(78)19(6-67)99-55)36(82)25(105-60)12-96-61-52(43(89)34(80)21(8-69)101-61)110-57-30(66-18(5)76)40(86)48(23(10-71)104-57)107-59-46(92)42(88)33(79)20(7-68)100-59/h14,19-62,67-72,77-94H,6-13H2,1-5H3,(H,63,73)(H,64,74)(H,65,75)(H,66,76)/t14-,19+,20+,21+,22+,23+,24+,25+,26+,27+,28-,29+,30+,31+,32+,33-,34+,35+,36+,37+,38+,39+,40+,41+,42-,43-,44-,45-,46+,47-,48+,49+,50+,51-,52-,53-,54+,55-,56-,57-,58+,59+,60-,61-,62+/m0/s1. The summed E-state index contributed by atoms with van der Waals surface area (Å²) in [6, 6.07) is -7.39. The number of carbonyl (C=O) groups is 4. The third-order valence-electron chi connectivity index (χ3n) is 20.3. The summed E-state index contributed by atoms with van der Waals surface area (Å²) in [6.45, 7) is -3.36. The maximum atomic E-state index is 13.2. The molecule has 111 heavy (non-hydrogen) atoms. The van der Waals surface area contributed by atoms with Gasteiger partial charge in [-0.25, -0.2) is 0 Å². The van der Waals surface area contributed by atoms with Gasteiger partial charge in [-0.3, -0.25) is 19.2 Å². The lowest BCUT2D eigenvalue weighted by Gasteiger charge is -2.51. The number of aliphatic hydroxyl groups excluding tert-OH is 24. The van der Waals surface area contributed by atoms with E-state index < -0.39 is 353 Å². The number of hydrogen-bond acceptors (Lipinski definition) is 45. The van der Waals surface area contributed by atoms with Crippen molar-refractivity contribution in [3.05, 3.63) is 0 Å². The van der Waals surface area contributed by atoms with Crippen molar-refractivity contribution in [2.24, 2.45) is 0 Å². The zero-order chi connectivity index (χ0) is 81.8. The van der Waals surface area contributed by atoms with Gasteiger partial charge in [-0.15, -0.1) is 0 Å². The predicted octanol–water partition coefficient (Wildman–Crippen LogP) is -19.0. The van der Waals surface area contributed by atoms with Crippen molar-refractivity contribution < 1.29 is 222 Å². The van der Waals surface area contributed by atoms with E-state index in [1.165, 1.54) is 6.92 Å². The van der Waals surface area contributed by atoms with E-state index in [-0.39, 0.29) is 0 Å². The van der Waals surface area contributed by atoms with Crippen molar-refractivity contribution in [2.45, 2.75) is 311 Å². The number of hydrogen-bond donors (Lipinski definition) is 28. The largest absolute Gasteiger partial charge is 0.394 e. The Balaban J connectivity index is 1.05. The molecule has 49 nitrogen and oxygen atoms in total. The summed E-state index contributed by atoms with van der Waals surface area (Å²) < 4.78 is 101. The van der Waals surface area contributed by atoms with Gasteiger partial charge in [0.15, 0.2) is 56.6 Å². The molecule has 9 aliphatic heterocycles. The summed E-state index contributed by atoms with van der Waals surface area (Å²) >= 11 is 0. The van der Waals surface area contributed by atoms with Gasteiger partial charge in [0.05, 0.1) is 59.0 Å². The van der Waals surface area contributed by atoms with Crippen LogP contribution in [0.4, 0.5) is 0 Å². The highest BCUT2D eigenvalue weighted by molar-refractivity contribution is 5.74. The molecule has 49 heteroatoms. The maximum Gasteiger partial charge on any atom is 0.217 e. The van der Waals surface area contributed by atoms with Gasteiger partial charge < -0.3 is 224 Å². The van der Waals surface area contributed by atoms with Crippen LogP contribution in [-0.2, 0) is 99.7 Å². The van der Waals surface area contributed by atoms with Crippen LogP contribution >= 0.6 is 0 Å². The first-order valence-corrected chi connectivity index (χ1v) is 35.5. The summed E-state index contributed by atoms with van der Waals surface area (Å²) in [7, 11) is 0. The first kappa shape index (κ1) is 91.1. The highest BCUT2D eigenvalue weighted by atomic mass is 16.8. The van der Waals surface area contributed by atoms with Crippen LogP contribution in [0.5, 0.6) is 0 Å². The molecule has 9 heterocycles. The Labute approximate surface area is 629 Å². The number of amides is 4. The van der Waals surface area contributed by atoms with Crippen LogP contribution in [0.3, 0.4) is 0 Å². The summed E-state index contributed by atoms with van der Waals surface area (Å²) in [5, 5.41) is 276. The Morgan fingerprint density at radius 2 is 0.559 bits per heavy atom. The summed E-state index contributed by atoms with van der Waals surface area (Å²) in [5.74, 6) is -3.59. The zero-order valence-corrected chi connectivity index (χ0v) is 59.9. The molecule has 0 unspecified atom stereocenters.